The zero-order valence-corrected chi connectivity index (χ0v) is 30.8. The maximum atomic E-state index is 13.9. The third-order valence-corrected chi connectivity index (χ3v) is 12.2. The molecule has 1 saturated heterocycles. The molecule has 2 N–H and O–H groups in total. The summed E-state index contributed by atoms with van der Waals surface area (Å²) in [6.07, 6.45) is 7.63. The standard InChI is InChI=1S/C35H49FN8O4S/c1-23(41-26-12-15-43(16-13-26)33(45)48-34(2,3)4)32(42-38)24-18-30-40-22-27(20-37)44(30)31(19-24)47-29(28-11-10-25(36)21-39-28)14-17-46-49(8,9)35(5,6)7/h10-11,18-19,21-22,26,29H,12-17,38H2,1-9H3/b41-23?,42-32+. The van der Waals surface area contributed by atoms with Crippen molar-refractivity contribution in [2.45, 2.75) is 90.2 Å². The summed E-state index contributed by atoms with van der Waals surface area (Å²) in [4.78, 5) is 27.9. The van der Waals surface area contributed by atoms with E-state index in [0.717, 1.165) is 6.20 Å². The number of aliphatic imine (C=N–C) groups is 1. The van der Waals surface area contributed by atoms with E-state index in [9.17, 15) is 14.4 Å². The number of hydrazone groups is 1. The minimum Gasteiger partial charge on any atom is -0.469 e. The molecule has 266 valence electrons. The van der Waals surface area contributed by atoms with Crippen LogP contribution >= 0.6 is 10.3 Å². The number of carbonyl (C=O) groups excluding carboxylic acids is 1. The number of nitrogens with zero attached hydrogens (tertiary/aromatic N) is 7. The lowest BCUT2D eigenvalue weighted by molar-refractivity contribution is 0.0207. The SMILES string of the molecule is CC(=NC1CCN(C(=O)OC(C)(C)C)CC1)/C(=N\N)c1cc(OC(CCOS(C)(C)C(C)(C)C)c2ccc(F)cn2)n2c(C#N)cnc2c1. The van der Waals surface area contributed by atoms with Crippen molar-refractivity contribution in [2.75, 3.05) is 32.2 Å². The van der Waals surface area contributed by atoms with Crippen molar-refractivity contribution in [3.63, 3.8) is 0 Å². The molecule has 0 aliphatic carbocycles. The number of aromatic nitrogens is 3. The number of halogens is 1. The molecule has 0 spiro atoms. The van der Waals surface area contributed by atoms with Crippen LogP contribution < -0.4 is 10.6 Å². The molecule has 3 aromatic rings. The molecule has 1 unspecified atom stereocenters. The van der Waals surface area contributed by atoms with Crippen molar-refractivity contribution >= 4 is 33.5 Å². The molecule has 1 atom stereocenters. The molecule has 0 aromatic carbocycles. The molecular formula is C35H49FN8O4S. The van der Waals surface area contributed by atoms with Crippen molar-refractivity contribution < 1.29 is 22.8 Å². The highest BCUT2D eigenvalue weighted by Gasteiger charge is 2.30. The van der Waals surface area contributed by atoms with E-state index in [4.69, 9.17) is 24.5 Å². The molecule has 0 radical (unpaired) electrons. The summed E-state index contributed by atoms with van der Waals surface area (Å²) < 4.78 is 34.0. The monoisotopic (exact) mass is 696 g/mol. The smallest absolute Gasteiger partial charge is 0.410 e. The van der Waals surface area contributed by atoms with E-state index in [0.29, 0.717) is 73.2 Å². The topological polar surface area (TPSA) is 153 Å². The number of pyridine rings is 2. The van der Waals surface area contributed by atoms with Crippen molar-refractivity contribution in [3.05, 3.63) is 59.4 Å². The van der Waals surface area contributed by atoms with Gasteiger partial charge in [-0.25, -0.2) is 14.2 Å². The van der Waals surface area contributed by atoms with E-state index in [2.05, 4.69) is 54.4 Å². The third-order valence-electron chi connectivity index (χ3n) is 8.50. The number of piperidine rings is 1. The molecule has 1 fully saturated rings. The molecular weight excluding hydrogens is 648 g/mol. The van der Waals surface area contributed by atoms with Crippen LogP contribution in [0.1, 0.15) is 90.8 Å². The Labute approximate surface area is 290 Å². The number of hydrogen-bond donors (Lipinski definition) is 1. The minimum absolute atomic E-state index is 0.0387. The normalized spacial score (nSPS) is 16.4. The number of nitriles is 1. The van der Waals surface area contributed by atoms with Gasteiger partial charge in [-0.05, 0) is 71.2 Å². The Morgan fingerprint density at radius 2 is 1.84 bits per heavy atom. The van der Waals surface area contributed by atoms with Gasteiger partial charge in [0.15, 0.2) is 0 Å². The van der Waals surface area contributed by atoms with Gasteiger partial charge in [0, 0.05) is 35.9 Å². The van der Waals surface area contributed by atoms with Crippen LogP contribution in [0.2, 0.25) is 0 Å². The van der Waals surface area contributed by atoms with Crippen LogP contribution in [0.4, 0.5) is 9.18 Å². The largest absolute Gasteiger partial charge is 0.469 e. The van der Waals surface area contributed by atoms with Gasteiger partial charge in [0.2, 0.25) is 5.88 Å². The molecule has 0 bridgehead atoms. The van der Waals surface area contributed by atoms with Gasteiger partial charge in [0.25, 0.3) is 0 Å². The first-order valence-electron chi connectivity index (χ1n) is 16.3. The lowest BCUT2D eigenvalue weighted by Crippen LogP contribution is -2.42. The number of amides is 1. The Hall–Kier alpha value is -4.22. The summed E-state index contributed by atoms with van der Waals surface area (Å²) in [6.45, 7) is 15.3. The summed E-state index contributed by atoms with van der Waals surface area (Å²) in [5.41, 5.74) is 2.29. The van der Waals surface area contributed by atoms with Gasteiger partial charge in [0.1, 0.15) is 40.6 Å². The number of nitrogens with two attached hydrogens (primary N) is 1. The molecule has 49 heavy (non-hydrogen) atoms. The molecule has 4 heterocycles. The lowest BCUT2D eigenvalue weighted by atomic mass is 10.0. The molecule has 14 heteroatoms. The highest BCUT2D eigenvalue weighted by Crippen LogP contribution is 2.53. The van der Waals surface area contributed by atoms with Gasteiger partial charge in [-0.3, -0.25) is 14.4 Å². The zero-order valence-electron chi connectivity index (χ0n) is 30.0. The molecule has 4 rings (SSSR count). The van der Waals surface area contributed by atoms with Crippen LogP contribution in [-0.2, 0) is 8.92 Å². The summed E-state index contributed by atoms with van der Waals surface area (Å²) in [5, 5.41) is 14.0. The Balaban J connectivity index is 1.63. The summed E-state index contributed by atoms with van der Waals surface area (Å²) in [7, 11) is -1.41. The molecule has 1 amide bonds. The highest BCUT2D eigenvalue weighted by atomic mass is 32.3. The van der Waals surface area contributed by atoms with Gasteiger partial charge in [-0.15, -0.1) is 10.3 Å². The van der Waals surface area contributed by atoms with Gasteiger partial charge in [-0.2, -0.15) is 10.4 Å². The van der Waals surface area contributed by atoms with E-state index in [-0.39, 0.29) is 22.6 Å². The van der Waals surface area contributed by atoms with E-state index in [1.807, 2.05) is 27.7 Å². The first-order chi connectivity index (χ1) is 22.9. The van der Waals surface area contributed by atoms with Crippen LogP contribution in [0.5, 0.6) is 5.88 Å². The number of carbonyl (C=O) groups is 1. The zero-order chi connectivity index (χ0) is 36.1. The van der Waals surface area contributed by atoms with Gasteiger partial charge in [0.05, 0.1) is 36.4 Å². The Kier molecular flexibility index (Phi) is 11.6. The summed E-state index contributed by atoms with van der Waals surface area (Å²) in [6, 6.07) is 8.57. The van der Waals surface area contributed by atoms with Crippen molar-refractivity contribution in [1.82, 2.24) is 19.3 Å². The van der Waals surface area contributed by atoms with E-state index >= 15 is 0 Å². The first kappa shape index (κ1) is 37.6. The van der Waals surface area contributed by atoms with Crippen LogP contribution in [0.25, 0.3) is 5.65 Å². The first-order valence-corrected chi connectivity index (χ1v) is 18.7. The lowest BCUT2D eigenvalue weighted by Gasteiger charge is -2.43. The Morgan fingerprint density at radius 1 is 1.14 bits per heavy atom. The number of ether oxygens (including phenoxy) is 2. The van der Waals surface area contributed by atoms with E-state index < -0.39 is 27.8 Å². The van der Waals surface area contributed by atoms with Crippen LogP contribution in [-0.4, -0.2) is 85.4 Å². The average molecular weight is 697 g/mol. The Morgan fingerprint density at radius 3 is 2.41 bits per heavy atom. The number of rotatable bonds is 10. The van der Waals surface area contributed by atoms with E-state index in [1.54, 1.807) is 27.5 Å². The van der Waals surface area contributed by atoms with Gasteiger partial charge >= 0.3 is 6.09 Å². The highest BCUT2D eigenvalue weighted by molar-refractivity contribution is 8.29. The second kappa shape index (κ2) is 15.1. The fourth-order valence-electron chi connectivity index (χ4n) is 5.13. The molecule has 0 saturated carbocycles. The van der Waals surface area contributed by atoms with Crippen LogP contribution in [0.15, 0.2) is 46.8 Å². The number of imidazole rings is 1. The Bertz CT molecular complexity index is 1730. The second-order valence-corrected chi connectivity index (χ2v) is 18.3. The third kappa shape index (κ3) is 9.48. The molecule has 1 aliphatic heterocycles. The number of likely N-dealkylation sites (tertiary alicyclic amines) is 1. The van der Waals surface area contributed by atoms with Crippen molar-refractivity contribution in [1.29, 1.82) is 5.26 Å². The molecule has 1 aliphatic rings. The van der Waals surface area contributed by atoms with Crippen molar-refractivity contribution in [3.8, 4) is 11.9 Å². The maximum absolute atomic E-state index is 13.9. The van der Waals surface area contributed by atoms with Gasteiger partial charge < -0.3 is 24.4 Å². The van der Waals surface area contributed by atoms with Gasteiger partial charge in [-0.1, -0.05) is 20.8 Å². The number of fused-ring (bicyclic) bond motifs is 1. The fraction of sp³-hybridized carbons (Fsp3) is 0.543. The predicted molar refractivity (Wildman–Crippen MR) is 192 cm³/mol. The molecule has 3 aromatic heterocycles. The molecule has 12 nitrogen and oxygen atoms in total. The van der Waals surface area contributed by atoms with E-state index in [1.165, 1.54) is 12.3 Å². The van der Waals surface area contributed by atoms with Crippen LogP contribution in [0, 0.1) is 17.1 Å². The van der Waals surface area contributed by atoms with Crippen LogP contribution in [0.3, 0.4) is 0 Å². The predicted octanol–water partition coefficient (Wildman–Crippen LogP) is 6.57. The quantitative estimate of drug-likeness (QED) is 0.142. The van der Waals surface area contributed by atoms with Crippen molar-refractivity contribution in [2.24, 2.45) is 15.9 Å². The minimum atomic E-state index is -1.41. The fourth-order valence-corrected chi connectivity index (χ4v) is 5.99. The summed E-state index contributed by atoms with van der Waals surface area (Å²) in [5.74, 6) is 5.81. The number of hydrogen-bond acceptors (Lipinski definition) is 10. The second-order valence-electron chi connectivity index (χ2n) is 14.4. The summed E-state index contributed by atoms with van der Waals surface area (Å²) >= 11 is 0. The maximum Gasteiger partial charge on any atom is 0.410 e. The average Bonchev–Trinajstić information content (AvgIpc) is 3.44.